The van der Waals surface area contributed by atoms with Crippen LogP contribution in [-0.4, -0.2) is 14.2 Å². The number of hydrogen-bond acceptors (Lipinski definition) is 2. The van der Waals surface area contributed by atoms with Gasteiger partial charge in [0.05, 0.1) is 24.6 Å². The molecular formula is C18H21BrO2. The molecule has 1 unspecified atom stereocenters. The molecule has 21 heavy (non-hydrogen) atoms. The van der Waals surface area contributed by atoms with Gasteiger partial charge in [0, 0.05) is 0 Å². The lowest BCUT2D eigenvalue weighted by Crippen LogP contribution is -2.03. The lowest BCUT2D eigenvalue weighted by Gasteiger charge is -2.19. The van der Waals surface area contributed by atoms with E-state index in [1.807, 2.05) is 18.2 Å². The van der Waals surface area contributed by atoms with E-state index in [-0.39, 0.29) is 4.83 Å². The Hall–Kier alpha value is -1.48. The summed E-state index contributed by atoms with van der Waals surface area (Å²) < 4.78 is 11.0. The van der Waals surface area contributed by atoms with Gasteiger partial charge < -0.3 is 9.47 Å². The summed E-state index contributed by atoms with van der Waals surface area (Å²) in [6.07, 6.45) is 0.893. The minimum Gasteiger partial charge on any atom is -0.496 e. The van der Waals surface area contributed by atoms with E-state index in [1.54, 1.807) is 14.2 Å². The molecule has 0 radical (unpaired) electrons. The molecule has 0 aromatic heterocycles. The lowest BCUT2D eigenvalue weighted by molar-refractivity contribution is 0.385. The first-order valence-electron chi connectivity index (χ1n) is 6.98. The third kappa shape index (κ3) is 3.59. The first-order chi connectivity index (χ1) is 10.1. The Morgan fingerprint density at radius 2 is 1.62 bits per heavy atom. The third-order valence-electron chi connectivity index (χ3n) is 3.68. The van der Waals surface area contributed by atoms with Crippen molar-refractivity contribution in [3.8, 4) is 11.5 Å². The van der Waals surface area contributed by atoms with Gasteiger partial charge in [0.25, 0.3) is 0 Å². The number of ether oxygens (including phenoxy) is 2. The number of benzene rings is 2. The van der Waals surface area contributed by atoms with E-state index >= 15 is 0 Å². The first-order valence-corrected chi connectivity index (χ1v) is 7.89. The van der Waals surface area contributed by atoms with Crippen LogP contribution in [0.5, 0.6) is 11.5 Å². The molecule has 0 N–H and O–H groups in total. The number of methoxy groups -OCH3 is 2. The van der Waals surface area contributed by atoms with E-state index < -0.39 is 0 Å². The molecule has 2 rings (SSSR count). The predicted molar refractivity (Wildman–Crippen MR) is 90.8 cm³/mol. The van der Waals surface area contributed by atoms with Crippen molar-refractivity contribution in [2.75, 3.05) is 14.2 Å². The van der Waals surface area contributed by atoms with Crippen molar-refractivity contribution in [1.29, 1.82) is 0 Å². The molecule has 2 aromatic carbocycles. The van der Waals surface area contributed by atoms with Gasteiger partial charge in [-0.3, -0.25) is 0 Å². The summed E-state index contributed by atoms with van der Waals surface area (Å²) in [5.41, 5.74) is 4.98. The molecule has 0 aliphatic rings. The standard InChI is InChI=1S/C18H21BrO2/c1-12-8-9-13(2)14(10-12)11-15(19)18-16(20-3)6-5-7-17(18)21-4/h5-10,15H,11H2,1-4H3. The summed E-state index contributed by atoms with van der Waals surface area (Å²) >= 11 is 3.80. The zero-order valence-corrected chi connectivity index (χ0v) is 14.5. The molecule has 2 nitrogen and oxygen atoms in total. The fourth-order valence-electron chi connectivity index (χ4n) is 2.50. The summed E-state index contributed by atoms with van der Waals surface area (Å²) in [4.78, 5) is 0.143. The second-order valence-electron chi connectivity index (χ2n) is 5.18. The molecule has 0 amide bonds. The zero-order valence-electron chi connectivity index (χ0n) is 12.9. The summed E-state index contributed by atoms with van der Waals surface area (Å²) in [6.45, 7) is 4.27. The van der Waals surface area contributed by atoms with Crippen LogP contribution >= 0.6 is 15.9 Å². The highest BCUT2D eigenvalue weighted by Crippen LogP contribution is 2.40. The molecular weight excluding hydrogens is 328 g/mol. The smallest absolute Gasteiger partial charge is 0.126 e. The predicted octanol–water partition coefficient (Wildman–Crippen LogP) is 5.00. The van der Waals surface area contributed by atoms with Gasteiger partial charge in [0.15, 0.2) is 0 Å². The van der Waals surface area contributed by atoms with Gasteiger partial charge >= 0.3 is 0 Å². The number of rotatable bonds is 5. The Bertz CT molecular complexity index is 600. The van der Waals surface area contributed by atoms with Crippen LogP contribution in [-0.2, 0) is 6.42 Å². The van der Waals surface area contributed by atoms with Crippen LogP contribution in [0.1, 0.15) is 27.1 Å². The maximum Gasteiger partial charge on any atom is 0.126 e. The van der Waals surface area contributed by atoms with Gasteiger partial charge in [-0.2, -0.15) is 0 Å². The van der Waals surface area contributed by atoms with E-state index in [0.29, 0.717) is 0 Å². The largest absolute Gasteiger partial charge is 0.496 e. The molecule has 112 valence electrons. The summed E-state index contributed by atoms with van der Waals surface area (Å²) in [6, 6.07) is 12.4. The maximum absolute atomic E-state index is 5.49. The zero-order chi connectivity index (χ0) is 15.4. The summed E-state index contributed by atoms with van der Waals surface area (Å²) in [5.74, 6) is 1.70. The second-order valence-corrected chi connectivity index (χ2v) is 6.28. The molecule has 0 fully saturated rings. The van der Waals surface area contributed by atoms with Gasteiger partial charge in [-0.15, -0.1) is 0 Å². The molecule has 0 aliphatic carbocycles. The second kappa shape index (κ2) is 6.99. The highest BCUT2D eigenvalue weighted by atomic mass is 79.9. The van der Waals surface area contributed by atoms with Crippen LogP contribution in [0.25, 0.3) is 0 Å². The van der Waals surface area contributed by atoms with E-state index in [4.69, 9.17) is 9.47 Å². The minimum absolute atomic E-state index is 0.143. The quantitative estimate of drug-likeness (QED) is 0.708. The van der Waals surface area contributed by atoms with Crippen LogP contribution in [0.2, 0.25) is 0 Å². The monoisotopic (exact) mass is 348 g/mol. The maximum atomic E-state index is 5.49. The highest BCUT2D eigenvalue weighted by Gasteiger charge is 2.19. The van der Waals surface area contributed by atoms with Crippen molar-refractivity contribution in [2.24, 2.45) is 0 Å². The number of hydrogen-bond donors (Lipinski definition) is 0. The van der Waals surface area contributed by atoms with Crippen LogP contribution in [0.3, 0.4) is 0 Å². The molecule has 0 saturated carbocycles. The third-order valence-corrected chi connectivity index (χ3v) is 4.46. The average molecular weight is 349 g/mol. The molecule has 0 bridgehead atoms. The van der Waals surface area contributed by atoms with Gasteiger partial charge in [0.2, 0.25) is 0 Å². The number of halogens is 1. The van der Waals surface area contributed by atoms with Gasteiger partial charge in [-0.1, -0.05) is 45.8 Å². The fraction of sp³-hybridized carbons (Fsp3) is 0.333. The van der Waals surface area contributed by atoms with Crippen LogP contribution in [0, 0.1) is 13.8 Å². The average Bonchev–Trinajstić information content (AvgIpc) is 2.49. The van der Waals surface area contributed by atoms with Crippen molar-refractivity contribution >= 4 is 15.9 Å². The van der Waals surface area contributed by atoms with E-state index in [2.05, 4.69) is 48.0 Å². The highest BCUT2D eigenvalue weighted by molar-refractivity contribution is 9.09. The van der Waals surface area contributed by atoms with E-state index in [0.717, 1.165) is 23.5 Å². The van der Waals surface area contributed by atoms with Gasteiger partial charge in [-0.05, 0) is 43.5 Å². The number of alkyl halides is 1. The van der Waals surface area contributed by atoms with Gasteiger partial charge in [-0.25, -0.2) is 0 Å². The van der Waals surface area contributed by atoms with Crippen molar-refractivity contribution in [3.63, 3.8) is 0 Å². The van der Waals surface area contributed by atoms with Crippen LogP contribution in [0.4, 0.5) is 0 Å². The molecule has 0 heterocycles. The normalized spacial score (nSPS) is 12.0. The SMILES string of the molecule is COc1cccc(OC)c1C(Br)Cc1cc(C)ccc1C. The Morgan fingerprint density at radius 1 is 1.00 bits per heavy atom. The Balaban J connectivity index is 2.36. The first kappa shape index (κ1) is 15.9. The number of aryl methyl sites for hydroxylation is 2. The molecule has 0 saturated heterocycles. The van der Waals surface area contributed by atoms with Crippen molar-refractivity contribution in [2.45, 2.75) is 25.1 Å². The lowest BCUT2D eigenvalue weighted by atomic mass is 9.98. The molecule has 3 heteroatoms. The summed E-state index contributed by atoms with van der Waals surface area (Å²) in [7, 11) is 3.38. The summed E-state index contributed by atoms with van der Waals surface area (Å²) in [5, 5.41) is 0. The molecule has 0 aliphatic heterocycles. The van der Waals surface area contributed by atoms with E-state index in [9.17, 15) is 0 Å². The molecule has 1 atom stereocenters. The Labute approximate surface area is 135 Å². The molecule has 0 spiro atoms. The van der Waals surface area contributed by atoms with Gasteiger partial charge in [0.1, 0.15) is 11.5 Å². The van der Waals surface area contributed by atoms with Crippen LogP contribution < -0.4 is 9.47 Å². The minimum atomic E-state index is 0.143. The molecule has 2 aromatic rings. The fourth-order valence-corrected chi connectivity index (χ4v) is 3.30. The van der Waals surface area contributed by atoms with Crippen LogP contribution in [0.15, 0.2) is 36.4 Å². The topological polar surface area (TPSA) is 18.5 Å². The van der Waals surface area contributed by atoms with Crippen molar-refractivity contribution in [1.82, 2.24) is 0 Å². The Morgan fingerprint density at radius 3 is 2.19 bits per heavy atom. The van der Waals surface area contributed by atoms with E-state index in [1.165, 1.54) is 16.7 Å². The van der Waals surface area contributed by atoms with Crippen molar-refractivity contribution in [3.05, 3.63) is 58.7 Å². The van der Waals surface area contributed by atoms with Crippen molar-refractivity contribution < 1.29 is 9.47 Å². The Kier molecular flexibility index (Phi) is 5.29.